The molecular formula is C14H14BrF2NO. The summed E-state index contributed by atoms with van der Waals surface area (Å²) < 4.78 is 33.5. The van der Waals surface area contributed by atoms with Crippen LogP contribution in [0, 0.1) is 11.6 Å². The van der Waals surface area contributed by atoms with Crippen LogP contribution in [0.5, 0.6) is 0 Å². The Morgan fingerprint density at radius 3 is 2.79 bits per heavy atom. The van der Waals surface area contributed by atoms with Gasteiger partial charge in [-0.3, -0.25) is 0 Å². The molecule has 19 heavy (non-hydrogen) atoms. The Morgan fingerprint density at radius 2 is 2.16 bits per heavy atom. The standard InChI is InChI=1S/C14H14BrF2NO/c1-2-18-6-10-11(7-3-4-7)12-8(15)5-9(16)13(17)14(12)19-10/h5,7,18H,2-4,6H2,1H3. The van der Waals surface area contributed by atoms with E-state index in [1.807, 2.05) is 6.92 Å². The molecule has 1 saturated carbocycles. The van der Waals surface area contributed by atoms with Gasteiger partial charge in [-0.1, -0.05) is 6.92 Å². The predicted octanol–water partition coefficient (Wildman–Crippen LogP) is 4.46. The third-order valence-corrected chi connectivity index (χ3v) is 4.07. The van der Waals surface area contributed by atoms with Crippen molar-refractivity contribution in [3.05, 3.63) is 33.5 Å². The predicted molar refractivity (Wildman–Crippen MR) is 73.2 cm³/mol. The number of fused-ring (bicyclic) bond motifs is 1. The maximum atomic E-state index is 13.9. The first kappa shape index (κ1) is 13.1. The molecule has 0 radical (unpaired) electrons. The highest BCUT2D eigenvalue weighted by Gasteiger charge is 2.33. The fourth-order valence-corrected chi connectivity index (χ4v) is 3.01. The maximum absolute atomic E-state index is 13.9. The lowest BCUT2D eigenvalue weighted by Gasteiger charge is -2.02. The van der Waals surface area contributed by atoms with E-state index in [0.717, 1.165) is 30.7 Å². The highest BCUT2D eigenvalue weighted by Crippen LogP contribution is 2.48. The van der Waals surface area contributed by atoms with Gasteiger partial charge in [-0.2, -0.15) is 4.39 Å². The Labute approximate surface area is 118 Å². The summed E-state index contributed by atoms with van der Waals surface area (Å²) in [6, 6.07) is 1.18. The zero-order valence-electron chi connectivity index (χ0n) is 10.5. The first-order chi connectivity index (χ1) is 9.13. The van der Waals surface area contributed by atoms with Crippen LogP contribution in [-0.4, -0.2) is 6.54 Å². The first-order valence-corrected chi connectivity index (χ1v) is 7.22. The van der Waals surface area contributed by atoms with E-state index >= 15 is 0 Å². The molecule has 5 heteroatoms. The molecule has 1 N–H and O–H groups in total. The van der Waals surface area contributed by atoms with Crippen molar-refractivity contribution in [1.82, 2.24) is 5.32 Å². The number of halogens is 3. The summed E-state index contributed by atoms with van der Waals surface area (Å²) in [5, 5.41) is 3.87. The van der Waals surface area contributed by atoms with Crippen molar-refractivity contribution in [2.24, 2.45) is 0 Å². The van der Waals surface area contributed by atoms with Crippen LogP contribution in [0.15, 0.2) is 15.0 Å². The highest BCUT2D eigenvalue weighted by atomic mass is 79.9. The summed E-state index contributed by atoms with van der Waals surface area (Å²) in [6.45, 7) is 3.35. The van der Waals surface area contributed by atoms with Crippen molar-refractivity contribution in [3.8, 4) is 0 Å². The molecule has 1 aromatic carbocycles. The molecule has 0 spiro atoms. The van der Waals surface area contributed by atoms with Gasteiger partial charge < -0.3 is 9.73 Å². The molecule has 1 aromatic heterocycles. The zero-order chi connectivity index (χ0) is 13.6. The summed E-state index contributed by atoms with van der Waals surface area (Å²) in [5.74, 6) is -0.645. The van der Waals surface area contributed by atoms with Crippen LogP contribution in [0.4, 0.5) is 8.78 Å². The van der Waals surface area contributed by atoms with Crippen molar-refractivity contribution in [2.75, 3.05) is 6.54 Å². The second kappa shape index (κ2) is 4.87. The topological polar surface area (TPSA) is 25.2 Å². The molecular weight excluding hydrogens is 316 g/mol. The quantitative estimate of drug-likeness (QED) is 0.838. The van der Waals surface area contributed by atoms with Gasteiger partial charge in [0.15, 0.2) is 11.4 Å². The number of nitrogens with one attached hydrogen (secondary N) is 1. The van der Waals surface area contributed by atoms with Gasteiger partial charge in [0.2, 0.25) is 5.82 Å². The molecule has 1 aliphatic rings. The monoisotopic (exact) mass is 329 g/mol. The molecule has 1 heterocycles. The van der Waals surface area contributed by atoms with Gasteiger partial charge >= 0.3 is 0 Å². The van der Waals surface area contributed by atoms with E-state index in [1.54, 1.807) is 0 Å². The smallest absolute Gasteiger partial charge is 0.201 e. The van der Waals surface area contributed by atoms with Crippen molar-refractivity contribution in [3.63, 3.8) is 0 Å². The largest absolute Gasteiger partial charge is 0.456 e. The fraction of sp³-hybridized carbons (Fsp3) is 0.429. The van der Waals surface area contributed by atoms with Crippen molar-refractivity contribution in [1.29, 1.82) is 0 Å². The second-order valence-corrected chi connectivity index (χ2v) is 5.71. The molecule has 0 aliphatic heterocycles. The SMILES string of the molecule is CCNCc1oc2c(F)c(F)cc(Br)c2c1C1CC1. The molecule has 1 aliphatic carbocycles. The van der Waals surface area contributed by atoms with Gasteiger partial charge in [0.1, 0.15) is 5.76 Å². The van der Waals surface area contributed by atoms with Crippen LogP contribution >= 0.6 is 15.9 Å². The van der Waals surface area contributed by atoms with E-state index in [0.29, 0.717) is 22.3 Å². The molecule has 2 nitrogen and oxygen atoms in total. The van der Waals surface area contributed by atoms with E-state index in [-0.39, 0.29) is 5.58 Å². The average Bonchev–Trinajstić information content (AvgIpc) is 3.14. The van der Waals surface area contributed by atoms with Crippen molar-refractivity contribution >= 4 is 26.9 Å². The summed E-state index contributed by atoms with van der Waals surface area (Å²) in [4.78, 5) is 0. The lowest BCUT2D eigenvalue weighted by molar-refractivity contribution is 0.468. The maximum Gasteiger partial charge on any atom is 0.201 e. The molecule has 3 rings (SSSR count). The first-order valence-electron chi connectivity index (χ1n) is 6.43. The van der Waals surface area contributed by atoms with Crippen LogP contribution in [-0.2, 0) is 6.54 Å². The van der Waals surface area contributed by atoms with Gasteiger partial charge in [0, 0.05) is 15.4 Å². The van der Waals surface area contributed by atoms with Gasteiger partial charge in [-0.15, -0.1) is 0 Å². The van der Waals surface area contributed by atoms with E-state index in [4.69, 9.17) is 4.42 Å². The number of furan rings is 1. The lowest BCUT2D eigenvalue weighted by Crippen LogP contribution is -2.12. The normalized spacial score (nSPS) is 15.4. The Balaban J connectivity index is 2.23. The third-order valence-electron chi connectivity index (χ3n) is 3.44. The van der Waals surface area contributed by atoms with E-state index < -0.39 is 11.6 Å². The Hall–Kier alpha value is -0.940. The molecule has 0 bridgehead atoms. The molecule has 0 atom stereocenters. The van der Waals surface area contributed by atoms with Gasteiger partial charge in [-0.05, 0) is 47.3 Å². The summed E-state index contributed by atoms with van der Waals surface area (Å²) >= 11 is 3.32. The average molecular weight is 330 g/mol. The van der Waals surface area contributed by atoms with Crippen molar-refractivity contribution < 1.29 is 13.2 Å². The van der Waals surface area contributed by atoms with Crippen LogP contribution in [0.3, 0.4) is 0 Å². The van der Waals surface area contributed by atoms with E-state index in [2.05, 4.69) is 21.2 Å². The van der Waals surface area contributed by atoms with Crippen LogP contribution in [0.25, 0.3) is 11.0 Å². The number of rotatable bonds is 4. The van der Waals surface area contributed by atoms with Crippen molar-refractivity contribution in [2.45, 2.75) is 32.2 Å². The molecule has 0 unspecified atom stereocenters. The molecule has 102 valence electrons. The van der Waals surface area contributed by atoms with Gasteiger partial charge in [-0.25, -0.2) is 4.39 Å². The minimum absolute atomic E-state index is 0.0293. The molecule has 0 saturated heterocycles. The number of benzene rings is 1. The zero-order valence-corrected chi connectivity index (χ0v) is 12.1. The minimum atomic E-state index is -0.900. The third kappa shape index (κ3) is 2.19. The molecule has 0 amide bonds. The number of hydrogen-bond donors (Lipinski definition) is 1. The van der Waals surface area contributed by atoms with Crippen LogP contribution in [0.1, 0.15) is 37.0 Å². The summed E-state index contributed by atoms with van der Waals surface area (Å²) in [6.07, 6.45) is 2.17. The molecule has 1 fully saturated rings. The van der Waals surface area contributed by atoms with E-state index in [9.17, 15) is 8.78 Å². The Morgan fingerprint density at radius 1 is 1.42 bits per heavy atom. The fourth-order valence-electron chi connectivity index (χ4n) is 2.41. The van der Waals surface area contributed by atoms with Gasteiger partial charge in [0.05, 0.1) is 6.54 Å². The Kier molecular flexibility index (Phi) is 3.35. The number of hydrogen-bond acceptors (Lipinski definition) is 2. The van der Waals surface area contributed by atoms with E-state index in [1.165, 1.54) is 6.07 Å². The summed E-state index contributed by atoms with van der Waals surface area (Å²) in [5.41, 5.74) is 1.06. The summed E-state index contributed by atoms with van der Waals surface area (Å²) in [7, 11) is 0. The van der Waals surface area contributed by atoms with Crippen LogP contribution < -0.4 is 5.32 Å². The molecule has 2 aromatic rings. The minimum Gasteiger partial charge on any atom is -0.456 e. The second-order valence-electron chi connectivity index (χ2n) is 4.85. The van der Waals surface area contributed by atoms with Gasteiger partial charge in [0.25, 0.3) is 0 Å². The lowest BCUT2D eigenvalue weighted by atomic mass is 10.1. The Bertz CT molecular complexity index is 634. The highest BCUT2D eigenvalue weighted by molar-refractivity contribution is 9.10. The van der Waals surface area contributed by atoms with Crippen LogP contribution in [0.2, 0.25) is 0 Å².